The first-order chi connectivity index (χ1) is 8.73. The second kappa shape index (κ2) is 7.83. The summed E-state index contributed by atoms with van der Waals surface area (Å²) in [6.45, 7) is 1.00. The van der Waals surface area contributed by atoms with E-state index in [1.165, 1.54) is 12.1 Å². The number of carbonyl (C=O) groups excluding carboxylic acids is 1. The van der Waals surface area contributed by atoms with E-state index in [-0.39, 0.29) is 12.2 Å². The van der Waals surface area contributed by atoms with Crippen LogP contribution >= 0.6 is 0 Å². The lowest BCUT2D eigenvalue weighted by Crippen LogP contribution is -2.32. The number of benzene rings is 1. The standard InChI is InChI=1S/C9H11NO3.C3H4O3/c10-8(9(12)13)5-6-1-3-7(11)4-2-6;1-2(4)3(5)6/h1-4,8,11H,5,10H2,(H,12,13);1H3,(H,5,6). The maximum atomic E-state index is 10.4. The van der Waals surface area contributed by atoms with Crippen molar-refractivity contribution < 1.29 is 29.7 Å². The highest BCUT2D eigenvalue weighted by Crippen LogP contribution is 2.10. The lowest BCUT2D eigenvalue weighted by Gasteiger charge is -2.05. The first kappa shape index (κ1) is 16.6. The van der Waals surface area contributed by atoms with E-state index in [0.717, 1.165) is 12.5 Å². The molecule has 7 nitrogen and oxygen atoms in total. The maximum Gasteiger partial charge on any atom is 0.371 e. The quantitative estimate of drug-likeness (QED) is 0.564. The third kappa shape index (κ3) is 7.50. The molecule has 0 saturated carbocycles. The van der Waals surface area contributed by atoms with Crippen LogP contribution in [0.2, 0.25) is 0 Å². The molecule has 19 heavy (non-hydrogen) atoms. The fourth-order valence-electron chi connectivity index (χ4n) is 0.973. The van der Waals surface area contributed by atoms with E-state index in [4.69, 9.17) is 21.1 Å². The number of rotatable bonds is 4. The van der Waals surface area contributed by atoms with Gasteiger partial charge in [0.1, 0.15) is 11.8 Å². The van der Waals surface area contributed by atoms with Crippen molar-refractivity contribution in [2.75, 3.05) is 0 Å². The number of hydrogen-bond acceptors (Lipinski definition) is 5. The van der Waals surface area contributed by atoms with E-state index < -0.39 is 23.8 Å². The van der Waals surface area contributed by atoms with Crippen LogP contribution in [0.4, 0.5) is 0 Å². The van der Waals surface area contributed by atoms with Crippen molar-refractivity contribution in [3.05, 3.63) is 29.8 Å². The van der Waals surface area contributed by atoms with Crippen molar-refractivity contribution in [3.63, 3.8) is 0 Å². The van der Waals surface area contributed by atoms with Crippen molar-refractivity contribution in [3.8, 4) is 5.75 Å². The summed E-state index contributed by atoms with van der Waals surface area (Å²) in [7, 11) is 0. The molecule has 104 valence electrons. The van der Waals surface area contributed by atoms with Gasteiger partial charge in [0.2, 0.25) is 5.78 Å². The van der Waals surface area contributed by atoms with Gasteiger partial charge < -0.3 is 21.1 Å². The fourth-order valence-corrected chi connectivity index (χ4v) is 0.973. The van der Waals surface area contributed by atoms with Crippen LogP contribution in [0.1, 0.15) is 12.5 Å². The summed E-state index contributed by atoms with van der Waals surface area (Å²) < 4.78 is 0. The predicted molar refractivity (Wildman–Crippen MR) is 65.7 cm³/mol. The van der Waals surface area contributed by atoms with Crippen LogP contribution in [0.15, 0.2) is 24.3 Å². The zero-order chi connectivity index (χ0) is 15.0. The van der Waals surface area contributed by atoms with Crippen molar-refractivity contribution >= 4 is 17.7 Å². The molecule has 0 spiro atoms. The largest absolute Gasteiger partial charge is 0.508 e. The van der Waals surface area contributed by atoms with E-state index >= 15 is 0 Å². The first-order valence-electron chi connectivity index (χ1n) is 5.24. The molecule has 0 fully saturated rings. The van der Waals surface area contributed by atoms with Crippen LogP contribution in [0.5, 0.6) is 5.75 Å². The van der Waals surface area contributed by atoms with Gasteiger partial charge >= 0.3 is 11.9 Å². The Hall–Kier alpha value is -2.41. The summed E-state index contributed by atoms with van der Waals surface area (Å²) in [5.41, 5.74) is 6.12. The molecule has 0 bridgehead atoms. The topological polar surface area (TPSA) is 138 Å². The molecule has 0 radical (unpaired) electrons. The van der Waals surface area contributed by atoms with E-state index in [9.17, 15) is 14.4 Å². The molecule has 7 heteroatoms. The summed E-state index contributed by atoms with van der Waals surface area (Å²) in [5, 5.41) is 25.1. The summed E-state index contributed by atoms with van der Waals surface area (Å²) in [6, 6.07) is 5.42. The number of phenolic OH excluding ortho intramolecular Hbond substituents is 1. The third-order valence-electron chi connectivity index (χ3n) is 2.01. The van der Waals surface area contributed by atoms with Gasteiger partial charge in [-0.2, -0.15) is 0 Å². The number of hydrogen-bond donors (Lipinski definition) is 4. The second-order valence-corrected chi connectivity index (χ2v) is 3.68. The molecule has 1 aromatic rings. The van der Waals surface area contributed by atoms with Gasteiger partial charge in [0.25, 0.3) is 0 Å². The molecule has 0 amide bonds. The molecule has 0 aromatic heterocycles. The number of ketones is 1. The van der Waals surface area contributed by atoms with Crippen LogP contribution in [0, 0.1) is 0 Å². The van der Waals surface area contributed by atoms with Crippen LogP contribution in [0.3, 0.4) is 0 Å². The van der Waals surface area contributed by atoms with Gasteiger partial charge in [-0.3, -0.25) is 9.59 Å². The smallest absolute Gasteiger partial charge is 0.371 e. The zero-order valence-corrected chi connectivity index (χ0v) is 10.2. The SMILES string of the molecule is CC(=O)C(=O)O.NC(Cc1ccc(O)cc1)C(=O)O. The molecule has 1 unspecified atom stereocenters. The molecule has 0 saturated heterocycles. The summed E-state index contributed by atoms with van der Waals surface area (Å²) >= 11 is 0. The van der Waals surface area contributed by atoms with Gasteiger partial charge in [0, 0.05) is 6.92 Å². The van der Waals surface area contributed by atoms with Crippen molar-refractivity contribution in [2.45, 2.75) is 19.4 Å². The highest BCUT2D eigenvalue weighted by atomic mass is 16.4. The minimum atomic E-state index is -1.38. The molecule has 5 N–H and O–H groups in total. The highest BCUT2D eigenvalue weighted by molar-refractivity contribution is 6.31. The lowest BCUT2D eigenvalue weighted by molar-refractivity contribution is -0.148. The Morgan fingerprint density at radius 3 is 1.89 bits per heavy atom. The number of carboxylic acids is 2. The van der Waals surface area contributed by atoms with Crippen molar-refractivity contribution in [2.24, 2.45) is 5.73 Å². The average molecular weight is 269 g/mol. The molecule has 0 heterocycles. The van der Waals surface area contributed by atoms with Gasteiger partial charge in [0.05, 0.1) is 0 Å². The summed E-state index contributed by atoms with van der Waals surface area (Å²) in [6.07, 6.45) is 0.273. The van der Waals surface area contributed by atoms with E-state index in [0.29, 0.717) is 0 Å². The third-order valence-corrected chi connectivity index (χ3v) is 2.01. The van der Waals surface area contributed by atoms with E-state index in [1.807, 2.05) is 0 Å². The molecule has 0 aliphatic rings. The van der Waals surface area contributed by atoms with Gasteiger partial charge in [-0.1, -0.05) is 12.1 Å². The van der Waals surface area contributed by atoms with Crippen molar-refractivity contribution in [1.82, 2.24) is 0 Å². The van der Waals surface area contributed by atoms with Gasteiger partial charge in [-0.05, 0) is 24.1 Å². The molecule has 0 aliphatic carbocycles. The number of phenols is 1. The summed E-state index contributed by atoms with van der Waals surface area (Å²) in [4.78, 5) is 29.3. The molecule has 1 aromatic carbocycles. The molecule has 1 rings (SSSR count). The maximum absolute atomic E-state index is 10.4. The van der Waals surface area contributed by atoms with Crippen LogP contribution < -0.4 is 5.73 Å². The Morgan fingerprint density at radius 2 is 1.58 bits per heavy atom. The minimum Gasteiger partial charge on any atom is -0.508 e. The Labute approximate surface area is 109 Å². The molecule has 0 aliphatic heterocycles. The van der Waals surface area contributed by atoms with E-state index in [2.05, 4.69) is 0 Å². The first-order valence-corrected chi connectivity index (χ1v) is 5.24. The highest BCUT2D eigenvalue weighted by Gasteiger charge is 2.11. The normalized spacial score (nSPS) is 10.8. The molecule has 1 atom stereocenters. The zero-order valence-electron chi connectivity index (χ0n) is 10.2. The van der Waals surface area contributed by atoms with Crippen molar-refractivity contribution in [1.29, 1.82) is 0 Å². The predicted octanol–water partition coefficient (Wildman–Crippen LogP) is 0.00660. The van der Waals surface area contributed by atoms with Gasteiger partial charge in [-0.25, -0.2) is 4.79 Å². The Balaban J connectivity index is 0.000000459. The minimum absolute atomic E-state index is 0.160. The number of carbonyl (C=O) groups is 3. The number of carboxylic acid groups (broad SMARTS) is 2. The molecular formula is C12H15NO6. The Kier molecular flexibility index (Phi) is 6.83. The second-order valence-electron chi connectivity index (χ2n) is 3.68. The van der Waals surface area contributed by atoms with Crippen LogP contribution in [-0.2, 0) is 20.8 Å². The van der Waals surface area contributed by atoms with Gasteiger partial charge in [0.15, 0.2) is 0 Å². The summed E-state index contributed by atoms with van der Waals surface area (Å²) in [5.74, 6) is -3.06. The monoisotopic (exact) mass is 269 g/mol. The van der Waals surface area contributed by atoms with Crippen LogP contribution in [0.25, 0.3) is 0 Å². The van der Waals surface area contributed by atoms with E-state index in [1.54, 1.807) is 12.1 Å². The fraction of sp³-hybridized carbons (Fsp3) is 0.250. The van der Waals surface area contributed by atoms with Crippen LogP contribution in [-0.4, -0.2) is 39.1 Å². The Bertz CT molecular complexity index is 442. The Morgan fingerprint density at radius 1 is 1.16 bits per heavy atom. The molecular weight excluding hydrogens is 254 g/mol. The number of aliphatic carboxylic acids is 2. The lowest BCUT2D eigenvalue weighted by atomic mass is 10.1. The number of aromatic hydroxyl groups is 1. The average Bonchev–Trinajstić information content (AvgIpc) is 2.32. The number of nitrogens with two attached hydrogens (primary N) is 1. The number of Topliss-reactive ketones (excluding diaryl/α,β-unsaturated/α-hetero) is 1. The van der Waals surface area contributed by atoms with Gasteiger partial charge in [-0.15, -0.1) is 0 Å².